The van der Waals surface area contributed by atoms with Gasteiger partial charge in [-0.05, 0) is 18.4 Å². The number of para-hydroxylation sites is 1. The average molecular weight is 342 g/mol. The van der Waals surface area contributed by atoms with E-state index in [1.54, 1.807) is 6.92 Å². The van der Waals surface area contributed by atoms with E-state index in [0.29, 0.717) is 29.9 Å². The van der Waals surface area contributed by atoms with Gasteiger partial charge in [0.05, 0.1) is 6.61 Å². The molecule has 3 unspecified atom stereocenters. The van der Waals surface area contributed by atoms with E-state index in [0.717, 1.165) is 5.56 Å². The van der Waals surface area contributed by atoms with Crippen molar-refractivity contribution in [3.8, 4) is 5.75 Å². The molecule has 132 valence electrons. The summed E-state index contributed by atoms with van der Waals surface area (Å²) in [4.78, 5) is 25.6. The molecule has 2 aliphatic heterocycles. The molecule has 2 bridgehead atoms. The van der Waals surface area contributed by atoms with Gasteiger partial charge in [0.2, 0.25) is 0 Å². The first-order chi connectivity index (χ1) is 11.9. The molecule has 0 saturated heterocycles. The number of carbonyl (C=O) groups is 2. The number of benzene rings is 1. The lowest BCUT2D eigenvalue weighted by Crippen LogP contribution is -2.49. The standard InChI is InChI=1S/C20H22O5/c1-4-23-18(22)17-15-11-7-5-6-8-13(11)24-19(17)25-14-10-20(2,3)9-12(21)16(14)15/h5-8,15,17,19H,4,9-10H2,1-3H3. The van der Waals surface area contributed by atoms with Crippen molar-refractivity contribution in [1.82, 2.24) is 0 Å². The van der Waals surface area contributed by atoms with Gasteiger partial charge in [0.1, 0.15) is 17.4 Å². The summed E-state index contributed by atoms with van der Waals surface area (Å²) in [5.74, 6) is 0.00512. The van der Waals surface area contributed by atoms with Crippen molar-refractivity contribution in [3.05, 3.63) is 41.2 Å². The molecular weight excluding hydrogens is 320 g/mol. The lowest BCUT2D eigenvalue weighted by molar-refractivity contribution is -0.174. The molecular formula is C20H22O5. The molecule has 5 nitrogen and oxygen atoms in total. The quantitative estimate of drug-likeness (QED) is 0.772. The Morgan fingerprint density at radius 1 is 1.24 bits per heavy atom. The van der Waals surface area contributed by atoms with Crippen LogP contribution in [0.15, 0.2) is 35.6 Å². The molecule has 4 rings (SSSR count). The summed E-state index contributed by atoms with van der Waals surface area (Å²) in [6, 6.07) is 7.55. The van der Waals surface area contributed by atoms with Crippen LogP contribution in [0.5, 0.6) is 5.75 Å². The molecule has 0 radical (unpaired) electrons. The third kappa shape index (κ3) is 2.53. The Balaban J connectivity index is 1.87. The summed E-state index contributed by atoms with van der Waals surface area (Å²) in [6.45, 7) is 6.16. The molecule has 1 aliphatic carbocycles. The summed E-state index contributed by atoms with van der Waals surface area (Å²) in [5, 5.41) is 0. The van der Waals surface area contributed by atoms with E-state index in [1.807, 2.05) is 24.3 Å². The van der Waals surface area contributed by atoms with Crippen molar-refractivity contribution in [2.75, 3.05) is 6.61 Å². The van der Waals surface area contributed by atoms with Crippen LogP contribution >= 0.6 is 0 Å². The van der Waals surface area contributed by atoms with Gasteiger partial charge in [-0.3, -0.25) is 9.59 Å². The Hall–Kier alpha value is -2.30. The third-order valence-electron chi connectivity index (χ3n) is 5.16. The summed E-state index contributed by atoms with van der Waals surface area (Å²) in [5.41, 5.74) is 1.34. The fourth-order valence-electron chi connectivity index (χ4n) is 4.18. The van der Waals surface area contributed by atoms with Gasteiger partial charge < -0.3 is 14.2 Å². The van der Waals surface area contributed by atoms with Gasteiger partial charge >= 0.3 is 5.97 Å². The maximum absolute atomic E-state index is 12.9. The van der Waals surface area contributed by atoms with Crippen molar-refractivity contribution < 1.29 is 23.8 Å². The highest BCUT2D eigenvalue weighted by atomic mass is 16.7. The SMILES string of the molecule is CCOC(=O)C1C2OC3=C(C(=O)CC(C)(C)C3)C1c1ccccc1O2. The second kappa shape index (κ2) is 5.61. The molecule has 1 aromatic carbocycles. The Morgan fingerprint density at radius 3 is 2.76 bits per heavy atom. The van der Waals surface area contributed by atoms with Crippen LogP contribution < -0.4 is 4.74 Å². The summed E-state index contributed by atoms with van der Waals surface area (Å²) >= 11 is 0. The minimum Gasteiger partial charge on any atom is -0.466 e. The maximum atomic E-state index is 12.9. The number of allylic oxidation sites excluding steroid dienone is 2. The van der Waals surface area contributed by atoms with Crippen LogP contribution in [0.1, 0.15) is 45.1 Å². The van der Waals surface area contributed by atoms with Crippen LogP contribution in [0.3, 0.4) is 0 Å². The zero-order chi connectivity index (χ0) is 17.8. The number of carbonyl (C=O) groups excluding carboxylic acids is 2. The fourth-order valence-corrected chi connectivity index (χ4v) is 4.18. The molecule has 2 heterocycles. The molecule has 0 N–H and O–H groups in total. The molecule has 0 aromatic heterocycles. The van der Waals surface area contributed by atoms with Crippen molar-refractivity contribution in [2.45, 2.75) is 45.8 Å². The zero-order valence-corrected chi connectivity index (χ0v) is 14.7. The van der Waals surface area contributed by atoms with Crippen molar-refractivity contribution in [3.63, 3.8) is 0 Å². The summed E-state index contributed by atoms with van der Waals surface area (Å²) in [7, 11) is 0. The number of ether oxygens (including phenoxy) is 3. The van der Waals surface area contributed by atoms with E-state index in [9.17, 15) is 9.59 Å². The van der Waals surface area contributed by atoms with Gasteiger partial charge in [0.15, 0.2) is 5.78 Å². The lowest BCUT2D eigenvalue weighted by Gasteiger charge is -2.46. The Kier molecular flexibility index (Phi) is 3.63. The Bertz CT molecular complexity index is 776. The fraction of sp³-hybridized carbons (Fsp3) is 0.500. The molecule has 0 fully saturated rings. The van der Waals surface area contributed by atoms with Gasteiger partial charge in [0.25, 0.3) is 6.29 Å². The number of fused-ring (bicyclic) bond motifs is 5. The Labute approximate surface area is 146 Å². The highest BCUT2D eigenvalue weighted by Crippen LogP contribution is 2.53. The van der Waals surface area contributed by atoms with E-state index in [1.165, 1.54) is 0 Å². The van der Waals surface area contributed by atoms with Gasteiger partial charge in [-0.1, -0.05) is 32.0 Å². The second-order valence-corrected chi connectivity index (χ2v) is 7.68. The number of rotatable bonds is 2. The first kappa shape index (κ1) is 16.2. The number of Topliss-reactive ketones (excluding diaryl/α,β-unsaturated/α-hetero) is 1. The van der Waals surface area contributed by atoms with Gasteiger partial charge in [-0.25, -0.2) is 0 Å². The van der Waals surface area contributed by atoms with E-state index in [-0.39, 0.29) is 29.7 Å². The second-order valence-electron chi connectivity index (χ2n) is 7.68. The Morgan fingerprint density at radius 2 is 2.00 bits per heavy atom. The number of hydrogen-bond donors (Lipinski definition) is 0. The van der Waals surface area contributed by atoms with Crippen molar-refractivity contribution >= 4 is 11.8 Å². The van der Waals surface area contributed by atoms with Crippen LogP contribution in [0, 0.1) is 11.3 Å². The van der Waals surface area contributed by atoms with Crippen molar-refractivity contribution in [2.24, 2.45) is 11.3 Å². The first-order valence-corrected chi connectivity index (χ1v) is 8.76. The largest absolute Gasteiger partial charge is 0.466 e. The topological polar surface area (TPSA) is 61.8 Å². The highest BCUT2D eigenvalue weighted by molar-refractivity contribution is 6.00. The normalized spacial score (nSPS) is 29.1. The van der Waals surface area contributed by atoms with Gasteiger partial charge in [-0.15, -0.1) is 0 Å². The predicted octanol–water partition coefficient (Wildman–Crippen LogP) is 3.34. The number of ketones is 1. The van der Waals surface area contributed by atoms with Crippen LogP contribution in [0.25, 0.3) is 0 Å². The molecule has 0 saturated carbocycles. The van der Waals surface area contributed by atoms with E-state index >= 15 is 0 Å². The third-order valence-corrected chi connectivity index (χ3v) is 5.16. The summed E-state index contributed by atoms with van der Waals surface area (Å²) in [6.07, 6.45) is 0.372. The highest BCUT2D eigenvalue weighted by Gasteiger charge is 2.54. The van der Waals surface area contributed by atoms with Crippen molar-refractivity contribution in [1.29, 1.82) is 0 Å². The summed E-state index contributed by atoms with van der Waals surface area (Å²) < 4.78 is 17.3. The monoisotopic (exact) mass is 342 g/mol. The molecule has 0 amide bonds. The molecule has 0 spiro atoms. The van der Waals surface area contributed by atoms with E-state index in [4.69, 9.17) is 14.2 Å². The van der Waals surface area contributed by atoms with Crippen LogP contribution in [-0.4, -0.2) is 24.6 Å². The lowest BCUT2D eigenvalue weighted by atomic mass is 9.67. The number of esters is 1. The average Bonchev–Trinajstić information content (AvgIpc) is 2.52. The molecule has 1 aromatic rings. The molecule has 25 heavy (non-hydrogen) atoms. The smallest absolute Gasteiger partial charge is 0.317 e. The first-order valence-electron chi connectivity index (χ1n) is 8.76. The van der Waals surface area contributed by atoms with Crippen LogP contribution in [0.4, 0.5) is 0 Å². The predicted molar refractivity (Wildman–Crippen MR) is 89.9 cm³/mol. The van der Waals surface area contributed by atoms with Gasteiger partial charge in [-0.2, -0.15) is 0 Å². The molecule has 3 aliphatic rings. The van der Waals surface area contributed by atoms with Gasteiger partial charge in [0, 0.05) is 29.9 Å². The molecule has 3 atom stereocenters. The minimum absolute atomic E-state index is 0.0562. The minimum atomic E-state index is -0.751. The number of hydrogen-bond acceptors (Lipinski definition) is 5. The van der Waals surface area contributed by atoms with Crippen LogP contribution in [-0.2, 0) is 19.1 Å². The molecule has 5 heteroatoms. The van der Waals surface area contributed by atoms with E-state index < -0.39 is 12.2 Å². The maximum Gasteiger partial charge on any atom is 0.317 e. The van der Waals surface area contributed by atoms with Crippen LogP contribution in [0.2, 0.25) is 0 Å². The zero-order valence-electron chi connectivity index (χ0n) is 14.7. The van der Waals surface area contributed by atoms with E-state index in [2.05, 4.69) is 13.8 Å².